The van der Waals surface area contributed by atoms with Crippen molar-refractivity contribution in [1.82, 2.24) is 10.3 Å². The van der Waals surface area contributed by atoms with Crippen LogP contribution in [0.1, 0.15) is 52.9 Å². The molecule has 1 aliphatic carbocycles. The Balaban J connectivity index is 1.61. The van der Waals surface area contributed by atoms with Gasteiger partial charge in [-0.15, -0.1) is 11.3 Å². The second-order valence-electron chi connectivity index (χ2n) is 5.58. The van der Waals surface area contributed by atoms with Crippen molar-refractivity contribution in [2.24, 2.45) is 0 Å². The quantitative estimate of drug-likeness (QED) is 0.897. The smallest absolute Gasteiger partial charge is 0.109 e. The number of aromatic nitrogens is 1. The lowest BCUT2D eigenvalue weighted by molar-refractivity contribution is 0.571. The summed E-state index contributed by atoms with van der Waals surface area (Å²) in [4.78, 5) is 5.88. The summed E-state index contributed by atoms with van der Waals surface area (Å²) in [6.07, 6.45) is 6.92. The van der Waals surface area contributed by atoms with Gasteiger partial charge >= 0.3 is 0 Å². The molecule has 1 N–H and O–H groups in total. The second kappa shape index (κ2) is 6.06. The fourth-order valence-electron chi connectivity index (χ4n) is 2.78. The lowest BCUT2D eigenvalue weighted by atomic mass is 10.1. The molecule has 20 heavy (non-hydrogen) atoms. The zero-order chi connectivity index (χ0) is 13.9. The van der Waals surface area contributed by atoms with Crippen LogP contribution in [0.15, 0.2) is 24.4 Å². The van der Waals surface area contributed by atoms with Crippen molar-refractivity contribution in [3.63, 3.8) is 0 Å². The van der Waals surface area contributed by atoms with Gasteiger partial charge in [0.25, 0.3) is 0 Å². The van der Waals surface area contributed by atoms with Crippen molar-refractivity contribution < 1.29 is 0 Å². The van der Waals surface area contributed by atoms with E-state index in [2.05, 4.69) is 42.3 Å². The molecule has 0 spiro atoms. The fourth-order valence-corrected chi connectivity index (χ4v) is 3.66. The first-order chi connectivity index (χ1) is 9.76. The molecular weight excluding hydrogens is 264 g/mol. The molecule has 1 aromatic carbocycles. The van der Waals surface area contributed by atoms with Gasteiger partial charge in [0, 0.05) is 17.6 Å². The van der Waals surface area contributed by atoms with Crippen LogP contribution in [0.25, 0.3) is 0 Å². The van der Waals surface area contributed by atoms with Crippen molar-refractivity contribution >= 4 is 11.3 Å². The summed E-state index contributed by atoms with van der Waals surface area (Å²) in [7, 11) is 0. The van der Waals surface area contributed by atoms with Crippen LogP contribution in [0.3, 0.4) is 0 Å². The van der Waals surface area contributed by atoms with Gasteiger partial charge in [-0.2, -0.15) is 0 Å². The Labute approximate surface area is 125 Å². The van der Waals surface area contributed by atoms with E-state index in [1.165, 1.54) is 34.7 Å². The van der Waals surface area contributed by atoms with E-state index in [4.69, 9.17) is 0 Å². The van der Waals surface area contributed by atoms with E-state index < -0.39 is 0 Å². The molecule has 3 heteroatoms. The average Bonchev–Trinajstić information content (AvgIpc) is 3.12. The van der Waals surface area contributed by atoms with Crippen LogP contribution in [0.4, 0.5) is 0 Å². The number of fused-ring (bicyclic) bond motifs is 1. The fraction of sp³-hybridized carbons (Fsp3) is 0.471. The average molecular weight is 286 g/mol. The third kappa shape index (κ3) is 2.94. The van der Waals surface area contributed by atoms with Gasteiger partial charge in [-0.3, -0.25) is 0 Å². The first-order valence-electron chi connectivity index (χ1n) is 7.55. The zero-order valence-electron chi connectivity index (χ0n) is 12.3. The highest BCUT2D eigenvalue weighted by atomic mass is 32.1. The van der Waals surface area contributed by atoms with Gasteiger partial charge in [0.05, 0.1) is 6.04 Å². The maximum Gasteiger partial charge on any atom is 0.109 e. The van der Waals surface area contributed by atoms with E-state index >= 15 is 0 Å². The number of benzene rings is 1. The Morgan fingerprint density at radius 3 is 2.95 bits per heavy atom. The van der Waals surface area contributed by atoms with Crippen molar-refractivity contribution in [1.29, 1.82) is 0 Å². The molecule has 0 fully saturated rings. The molecule has 0 aliphatic heterocycles. The molecule has 1 unspecified atom stereocenters. The molecule has 0 bridgehead atoms. The van der Waals surface area contributed by atoms with E-state index in [1.807, 2.05) is 17.5 Å². The van der Waals surface area contributed by atoms with Gasteiger partial charge in [0.2, 0.25) is 0 Å². The number of aryl methyl sites for hydroxylation is 3. The Bertz CT molecular complexity index is 588. The normalized spacial score (nSPS) is 15.3. The molecular formula is C17H22N2S. The summed E-state index contributed by atoms with van der Waals surface area (Å²) in [5, 5.41) is 4.79. The van der Waals surface area contributed by atoms with Gasteiger partial charge in [-0.1, -0.05) is 25.1 Å². The molecule has 1 aromatic heterocycles. The van der Waals surface area contributed by atoms with Gasteiger partial charge in [0.15, 0.2) is 0 Å². The maximum atomic E-state index is 4.51. The third-order valence-electron chi connectivity index (χ3n) is 4.07. The first kappa shape index (κ1) is 13.8. The molecule has 0 saturated heterocycles. The van der Waals surface area contributed by atoms with E-state index in [1.54, 1.807) is 11.1 Å². The number of rotatable bonds is 5. The van der Waals surface area contributed by atoms with E-state index in [9.17, 15) is 0 Å². The molecule has 1 atom stereocenters. The molecule has 1 aliphatic rings. The minimum absolute atomic E-state index is 0.327. The van der Waals surface area contributed by atoms with Crippen molar-refractivity contribution in [2.45, 2.75) is 52.1 Å². The van der Waals surface area contributed by atoms with E-state index in [-0.39, 0.29) is 0 Å². The maximum absolute atomic E-state index is 4.51. The number of nitrogens with one attached hydrogen (secondary N) is 1. The molecule has 0 saturated carbocycles. The van der Waals surface area contributed by atoms with Crippen LogP contribution in [0, 0.1) is 0 Å². The van der Waals surface area contributed by atoms with Crippen molar-refractivity contribution in [3.8, 4) is 0 Å². The predicted molar refractivity (Wildman–Crippen MR) is 85.2 cm³/mol. The van der Waals surface area contributed by atoms with E-state index in [0.717, 1.165) is 13.0 Å². The van der Waals surface area contributed by atoms with Crippen molar-refractivity contribution in [2.75, 3.05) is 0 Å². The summed E-state index contributed by atoms with van der Waals surface area (Å²) >= 11 is 1.82. The molecule has 2 aromatic rings. The molecule has 0 radical (unpaired) electrons. The Morgan fingerprint density at radius 2 is 2.15 bits per heavy atom. The van der Waals surface area contributed by atoms with Crippen LogP contribution >= 0.6 is 11.3 Å². The minimum Gasteiger partial charge on any atom is -0.304 e. The summed E-state index contributed by atoms with van der Waals surface area (Å²) < 4.78 is 0. The number of hydrogen-bond donors (Lipinski definition) is 1. The van der Waals surface area contributed by atoms with E-state index in [0.29, 0.717) is 6.04 Å². The third-order valence-corrected chi connectivity index (χ3v) is 5.39. The van der Waals surface area contributed by atoms with Gasteiger partial charge in [0.1, 0.15) is 5.01 Å². The minimum atomic E-state index is 0.327. The standard InChI is InChI=1S/C17H22N2S/c1-3-16-11-19-17(20-16)12(2)18-10-13-7-8-14-5-4-6-15(14)9-13/h7-9,11-12,18H,3-6,10H2,1-2H3. The summed E-state index contributed by atoms with van der Waals surface area (Å²) in [6.45, 7) is 5.31. The SMILES string of the molecule is CCc1cnc(C(C)NCc2ccc3c(c2)CCC3)s1. The van der Waals surface area contributed by atoms with Crippen LogP contribution < -0.4 is 5.32 Å². The van der Waals surface area contributed by atoms with Crippen LogP contribution in [-0.4, -0.2) is 4.98 Å². The van der Waals surface area contributed by atoms with Gasteiger partial charge in [-0.05, 0) is 49.3 Å². The molecule has 2 nitrogen and oxygen atoms in total. The van der Waals surface area contributed by atoms with Gasteiger partial charge in [-0.25, -0.2) is 4.98 Å². The summed E-state index contributed by atoms with van der Waals surface area (Å²) in [5.74, 6) is 0. The van der Waals surface area contributed by atoms with Crippen molar-refractivity contribution in [3.05, 3.63) is 51.0 Å². The van der Waals surface area contributed by atoms with Crippen LogP contribution in [0.5, 0.6) is 0 Å². The lowest BCUT2D eigenvalue weighted by Crippen LogP contribution is -2.18. The Morgan fingerprint density at radius 1 is 1.30 bits per heavy atom. The Kier molecular flexibility index (Phi) is 4.18. The zero-order valence-corrected chi connectivity index (χ0v) is 13.1. The van der Waals surface area contributed by atoms with Crippen LogP contribution in [0.2, 0.25) is 0 Å². The largest absolute Gasteiger partial charge is 0.304 e. The summed E-state index contributed by atoms with van der Waals surface area (Å²) in [5.41, 5.74) is 4.50. The monoisotopic (exact) mass is 286 g/mol. The molecule has 106 valence electrons. The van der Waals surface area contributed by atoms with Crippen LogP contribution in [-0.2, 0) is 25.8 Å². The number of hydrogen-bond acceptors (Lipinski definition) is 3. The number of nitrogens with zero attached hydrogens (tertiary/aromatic N) is 1. The lowest BCUT2D eigenvalue weighted by Gasteiger charge is -2.12. The number of thiazole rings is 1. The Hall–Kier alpha value is -1.19. The highest BCUT2D eigenvalue weighted by Gasteiger charge is 2.12. The first-order valence-corrected chi connectivity index (χ1v) is 8.36. The second-order valence-corrected chi connectivity index (χ2v) is 6.72. The molecule has 1 heterocycles. The predicted octanol–water partition coefficient (Wildman–Crippen LogP) is 4.05. The highest BCUT2D eigenvalue weighted by Crippen LogP contribution is 2.24. The van der Waals surface area contributed by atoms with Gasteiger partial charge < -0.3 is 5.32 Å². The topological polar surface area (TPSA) is 24.9 Å². The molecule has 0 amide bonds. The summed E-state index contributed by atoms with van der Waals surface area (Å²) in [6, 6.07) is 7.28. The highest BCUT2D eigenvalue weighted by molar-refractivity contribution is 7.11. The molecule has 3 rings (SSSR count).